The van der Waals surface area contributed by atoms with Crippen LogP contribution in [-0.4, -0.2) is 18.6 Å². The van der Waals surface area contributed by atoms with Crippen LogP contribution in [0.4, 0.5) is 5.69 Å². The number of pyridine rings is 1. The van der Waals surface area contributed by atoms with E-state index in [1.54, 1.807) is 7.11 Å². The van der Waals surface area contributed by atoms with Gasteiger partial charge in [-0.25, -0.2) is 0 Å². The number of methoxy groups -OCH3 is 1. The highest BCUT2D eigenvalue weighted by atomic mass is 16.5. The van der Waals surface area contributed by atoms with Gasteiger partial charge in [-0.15, -0.1) is 0 Å². The largest absolute Gasteiger partial charge is 0.497 e. The highest BCUT2D eigenvalue weighted by molar-refractivity contribution is 5.96. The number of rotatable bonds is 4. The fourth-order valence-corrected chi connectivity index (χ4v) is 2.83. The van der Waals surface area contributed by atoms with Crippen molar-refractivity contribution < 1.29 is 4.74 Å². The van der Waals surface area contributed by atoms with Gasteiger partial charge in [0.15, 0.2) is 0 Å². The van der Waals surface area contributed by atoms with Gasteiger partial charge in [0.2, 0.25) is 0 Å². The van der Waals surface area contributed by atoms with Gasteiger partial charge in [-0.3, -0.25) is 4.98 Å². The van der Waals surface area contributed by atoms with Crippen LogP contribution in [0.25, 0.3) is 10.9 Å². The Morgan fingerprint density at radius 2 is 1.95 bits per heavy atom. The normalized spacial score (nSPS) is 11.2. The molecule has 0 aliphatic rings. The number of fused-ring (bicyclic) bond motifs is 1. The summed E-state index contributed by atoms with van der Waals surface area (Å²) in [7, 11) is 1.71. The van der Waals surface area contributed by atoms with E-state index >= 15 is 0 Å². The number of hydrogen-bond donors (Lipinski definition) is 1. The minimum atomic E-state index is 0.437. The third-order valence-corrected chi connectivity index (χ3v) is 3.65. The Morgan fingerprint density at radius 3 is 2.50 bits per heavy atom. The van der Waals surface area contributed by atoms with Crippen molar-refractivity contribution >= 4 is 16.6 Å². The van der Waals surface area contributed by atoms with E-state index in [-0.39, 0.29) is 0 Å². The van der Waals surface area contributed by atoms with E-state index in [0.29, 0.717) is 5.92 Å². The summed E-state index contributed by atoms with van der Waals surface area (Å²) >= 11 is 0. The molecule has 2 aromatic rings. The third kappa shape index (κ3) is 2.45. The molecule has 0 bridgehead atoms. The summed E-state index contributed by atoms with van der Waals surface area (Å²) in [6.07, 6.45) is 0. The Hall–Kier alpha value is -1.77. The van der Waals surface area contributed by atoms with Crippen LogP contribution < -0.4 is 10.1 Å². The van der Waals surface area contributed by atoms with Crippen LogP contribution in [0.3, 0.4) is 0 Å². The zero-order chi connectivity index (χ0) is 14.9. The molecule has 108 valence electrons. The number of hydrogen-bond acceptors (Lipinski definition) is 3. The fourth-order valence-electron chi connectivity index (χ4n) is 2.83. The van der Waals surface area contributed by atoms with E-state index in [1.807, 2.05) is 6.07 Å². The predicted molar refractivity (Wildman–Crippen MR) is 86.0 cm³/mol. The molecule has 0 spiro atoms. The molecule has 0 radical (unpaired) electrons. The number of ether oxygens (including phenoxy) is 1. The van der Waals surface area contributed by atoms with Crippen molar-refractivity contribution in [2.45, 2.75) is 40.5 Å². The van der Waals surface area contributed by atoms with Crippen LogP contribution in [-0.2, 0) is 0 Å². The number of anilines is 1. The van der Waals surface area contributed by atoms with Crippen LogP contribution in [0, 0.1) is 13.8 Å². The second-order valence-electron chi connectivity index (χ2n) is 5.51. The lowest BCUT2D eigenvalue weighted by molar-refractivity contribution is 0.415. The molecule has 0 saturated carbocycles. The van der Waals surface area contributed by atoms with Crippen LogP contribution in [0.1, 0.15) is 43.5 Å². The van der Waals surface area contributed by atoms with Crippen molar-refractivity contribution in [2.24, 2.45) is 0 Å². The zero-order valence-electron chi connectivity index (χ0n) is 13.3. The van der Waals surface area contributed by atoms with Gasteiger partial charge < -0.3 is 10.1 Å². The number of aryl methyl sites for hydroxylation is 2. The Balaban J connectivity index is 2.87. The summed E-state index contributed by atoms with van der Waals surface area (Å²) in [5.41, 5.74) is 5.82. The van der Waals surface area contributed by atoms with Crippen LogP contribution in [0.5, 0.6) is 5.75 Å². The van der Waals surface area contributed by atoms with Gasteiger partial charge in [0.05, 0.1) is 12.6 Å². The molecule has 0 aliphatic heterocycles. The molecule has 0 fully saturated rings. The Bertz CT molecular complexity index is 633. The molecular formula is C17H24N2O. The van der Waals surface area contributed by atoms with Crippen LogP contribution >= 0.6 is 0 Å². The molecule has 1 aromatic carbocycles. The highest BCUT2D eigenvalue weighted by Gasteiger charge is 2.16. The topological polar surface area (TPSA) is 34.2 Å². The maximum absolute atomic E-state index is 5.41. The monoisotopic (exact) mass is 272 g/mol. The van der Waals surface area contributed by atoms with Crippen molar-refractivity contribution in [1.82, 2.24) is 4.98 Å². The standard InChI is InChI=1S/C17H24N2O/c1-7-18-17-14-9-13(20-6)8-11(4)16(14)19-12(5)15(17)10(2)3/h8-10H,7H2,1-6H3,(H,18,19). The van der Waals surface area contributed by atoms with Crippen molar-refractivity contribution in [3.05, 3.63) is 29.0 Å². The van der Waals surface area contributed by atoms with E-state index in [2.05, 4.69) is 46.0 Å². The summed E-state index contributed by atoms with van der Waals surface area (Å²) in [4.78, 5) is 4.82. The van der Waals surface area contributed by atoms with Crippen molar-refractivity contribution in [3.63, 3.8) is 0 Å². The first-order valence-corrected chi connectivity index (χ1v) is 7.22. The van der Waals surface area contributed by atoms with Crippen molar-refractivity contribution in [2.75, 3.05) is 19.0 Å². The van der Waals surface area contributed by atoms with Crippen LogP contribution in [0.15, 0.2) is 12.1 Å². The summed E-state index contributed by atoms with van der Waals surface area (Å²) in [6, 6.07) is 4.12. The molecule has 0 saturated heterocycles. The van der Waals surface area contributed by atoms with Crippen molar-refractivity contribution in [3.8, 4) is 5.75 Å². The van der Waals surface area contributed by atoms with Gasteiger partial charge in [0, 0.05) is 23.3 Å². The highest BCUT2D eigenvalue weighted by Crippen LogP contribution is 2.36. The van der Waals surface area contributed by atoms with E-state index < -0.39 is 0 Å². The number of aromatic nitrogens is 1. The molecule has 3 heteroatoms. The zero-order valence-corrected chi connectivity index (χ0v) is 13.3. The third-order valence-electron chi connectivity index (χ3n) is 3.65. The molecule has 0 aliphatic carbocycles. The van der Waals surface area contributed by atoms with E-state index in [4.69, 9.17) is 9.72 Å². The van der Waals surface area contributed by atoms with Crippen LogP contribution in [0.2, 0.25) is 0 Å². The molecule has 0 atom stereocenters. The van der Waals surface area contributed by atoms with Gasteiger partial charge >= 0.3 is 0 Å². The average Bonchev–Trinajstić information content (AvgIpc) is 2.39. The Labute approximate surface area is 121 Å². The average molecular weight is 272 g/mol. The number of nitrogens with zero attached hydrogens (tertiary/aromatic N) is 1. The second-order valence-corrected chi connectivity index (χ2v) is 5.51. The maximum atomic E-state index is 5.41. The van der Waals surface area contributed by atoms with Gasteiger partial charge in [0.25, 0.3) is 0 Å². The van der Waals surface area contributed by atoms with Crippen molar-refractivity contribution in [1.29, 1.82) is 0 Å². The lowest BCUT2D eigenvalue weighted by Crippen LogP contribution is -2.07. The first-order valence-electron chi connectivity index (χ1n) is 7.22. The number of benzene rings is 1. The second kappa shape index (κ2) is 5.70. The molecule has 0 unspecified atom stereocenters. The minimum Gasteiger partial charge on any atom is -0.497 e. The van der Waals surface area contributed by atoms with E-state index in [1.165, 1.54) is 11.3 Å². The quantitative estimate of drug-likeness (QED) is 0.895. The molecule has 20 heavy (non-hydrogen) atoms. The molecule has 0 amide bonds. The Kier molecular flexibility index (Phi) is 4.17. The maximum Gasteiger partial charge on any atom is 0.119 e. The lowest BCUT2D eigenvalue weighted by Gasteiger charge is -2.20. The van der Waals surface area contributed by atoms with E-state index in [0.717, 1.165) is 34.5 Å². The lowest BCUT2D eigenvalue weighted by atomic mass is 9.95. The Morgan fingerprint density at radius 1 is 1.25 bits per heavy atom. The SMILES string of the molecule is CCNc1c(C(C)C)c(C)nc2c(C)cc(OC)cc12. The summed E-state index contributed by atoms with van der Waals surface area (Å²) in [5.74, 6) is 1.32. The summed E-state index contributed by atoms with van der Waals surface area (Å²) < 4.78 is 5.41. The fraction of sp³-hybridized carbons (Fsp3) is 0.471. The summed E-state index contributed by atoms with van der Waals surface area (Å²) in [6.45, 7) is 11.6. The molecule has 3 nitrogen and oxygen atoms in total. The van der Waals surface area contributed by atoms with Gasteiger partial charge in [-0.1, -0.05) is 13.8 Å². The van der Waals surface area contributed by atoms with Gasteiger partial charge in [-0.2, -0.15) is 0 Å². The molecular weight excluding hydrogens is 248 g/mol. The smallest absolute Gasteiger partial charge is 0.119 e. The molecule has 2 rings (SSSR count). The first kappa shape index (κ1) is 14.6. The summed E-state index contributed by atoms with van der Waals surface area (Å²) in [5, 5.41) is 4.68. The predicted octanol–water partition coefficient (Wildman–Crippen LogP) is 4.42. The van der Waals surface area contributed by atoms with Gasteiger partial charge in [-0.05, 0) is 49.9 Å². The number of nitrogens with one attached hydrogen (secondary N) is 1. The first-order chi connectivity index (χ1) is 9.49. The van der Waals surface area contributed by atoms with E-state index in [9.17, 15) is 0 Å². The molecule has 1 heterocycles. The molecule has 1 aromatic heterocycles. The minimum absolute atomic E-state index is 0.437. The van der Waals surface area contributed by atoms with Gasteiger partial charge in [0.1, 0.15) is 5.75 Å². The molecule has 1 N–H and O–H groups in total.